The third kappa shape index (κ3) is 1.94. The van der Waals surface area contributed by atoms with Crippen LogP contribution in [-0.4, -0.2) is 23.0 Å². The van der Waals surface area contributed by atoms with Crippen LogP contribution in [0.5, 0.6) is 0 Å². The lowest BCUT2D eigenvalue weighted by molar-refractivity contribution is -0.384. The molecule has 0 atom stereocenters. The van der Waals surface area contributed by atoms with Gasteiger partial charge in [-0.1, -0.05) is 0 Å². The number of hydrogen-bond acceptors (Lipinski definition) is 4. The number of nitrogens with zero attached hydrogens (tertiary/aromatic N) is 3. The fourth-order valence-corrected chi connectivity index (χ4v) is 2.38. The maximum Gasteiger partial charge on any atom is 0.311 e. The van der Waals surface area contributed by atoms with Crippen LogP contribution in [0.4, 0.5) is 11.4 Å². The van der Waals surface area contributed by atoms with E-state index in [0.717, 1.165) is 25.9 Å². The molecule has 0 spiro atoms. The predicted molar refractivity (Wildman–Crippen MR) is 60.0 cm³/mol. The van der Waals surface area contributed by atoms with Crippen LogP contribution in [0.3, 0.4) is 0 Å². The van der Waals surface area contributed by atoms with Crippen molar-refractivity contribution < 1.29 is 4.92 Å². The number of anilines is 1. The molecular formula is C9H10BrN3O2. The highest BCUT2D eigenvalue weighted by atomic mass is 79.9. The number of hydrogen-bond donors (Lipinski definition) is 0. The molecule has 0 aromatic carbocycles. The Labute approximate surface area is 95.4 Å². The first-order valence-corrected chi connectivity index (χ1v) is 5.52. The Balaban J connectivity index is 2.46. The van der Waals surface area contributed by atoms with Crippen LogP contribution in [0, 0.1) is 10.1 Å². The van der Waals surface area contributed by atoms with Gasteiger partial charge in [-0.2, -0.15) is 0 Å². The van der Waals surface area contributed by atoms with Crippen molar-refractivity contribution in [1.29, 1.82) is 0 Å². The maximum absolute atomic E-state index is 10.8. The highest BCUT2D eigenvalue weighted by molar-refractivity contribution is 9.10. The summed E-state index contributed by atoms with van der Waals surface area (Å²) in [5.74, 6) is 0. The largest absolute Gasteiger partial charge is 0.365 e. The van der Waals surface area contributed by atoms with Gasteiger partial charge in [0.2, 0.25) is 0 Å². The summed E-state index contributed by atoms with van der Waals surface area (Å²) in [7, 11) is 0. The van der Waals surface area contributed by atoms with E-state index in [0.29, 0.717) is 10.2 Å². The maximum atomic E-state index is 10.8. The van der Waals surface area contributed by atoms with Crippen molar-refractivity contribution in [2.24, 2.45) is 0 Å². The average molecular weight is 272 g/mol. The molecule has 1 saturated heterocycles. The average Bonchev–Trinajstić information content (AvgIpc) is 2.70. The van der Waals surface area contributed by atoms with Gasteiger partial charge in [-0.15, -0.1) is 0 Å². The zero-order valence-corrected chi connectivity index (χ0v) is 9.61. The molecule has 0 unspecified atom stereocenters. The smallest absolute Gasteiger partial charge is 0.311 e. The van der Waals surface area contributed by atoms with Crippen LogP contribution in [-0.2, 0) is 0 Å². The van der Waals surface area contributed by atoms with Crippen molar-refractivity contribution in [2.45, 2.75) is 12.8 Å². The normalized spacial score (nSPS) is 15.7. The van der Waals surface area contributed by atoms with E-state index in [1.807, 2.05) is 4.90 Å². The monoisotopic (exact) mass is 271 g/mol. The minimum absolute atomic E-state index is 0.0753. The Kier molecular flexibility index (Phi) is 2.86. The Hall–Kier alpha value is -1.17. The van der Waals surface area contributed by atoms with E-state index >= 15 is 0 Å². The van der Waals surface area contributed by atoms with E-state index in [2.05, 4.69) is 20.9 Å². The molecule has 1 aliphatic rings. The molecule has 2 rings (SSSR count). The van der Waals surface area contributed by atoms with Crippen LogP contribution < -0.4 is 4.90 Å². The first-order valence-electron chi connectivity index (χ1n) is 4.73. The fraction of sp³-hybridized carbons (Fsp3) is 0.444. The molecule has 1 aromatic rings. The van der Waals surface area contributed by atoms with Gasteiger partial charge in [-0.3, -0.25) is 15.1 Å². The molecule has 1 aliphatic heterocycles. The summed E-state index contributed by atoms with van der Waals surface area (Å²) < 4.78 is 0.693. The summed E-state index contributed by atoms with van der Waals surface area (Å²) in [5, 5.41) is 10.8. The molecule has 0 amide bonds. The molecule has 0 bridgehead atoms. The first kappa shape index (κ1) is 10.4. The van der Waals surface area contributed by atoms with E-state index in [4.69, 9.17) is 0 Å². The van der Waals surface area contributed by atoms with Crippen molar-refractivity contribution in [1.82, 2.24) is 4.98 Å². The number of pyridine rings is 1. The topological polar surface area (TPSA) is 59.3 Å². The van der Waals surface area contributed by atoms with Gasteiger partial charge < -0.3 is 4.90 Å². The third-order valence-electron chi connectivity index (χ3n) is 2.47. The quantitative estimate of drug-likeness (QED) is 0.612. The van der Waals surface area contributed by atoms with Crippen molar-refractivity contribution in [3.8, 4) is 0 Å². The Morgan fingerprint density at radius 2 is 2.07 bits per heavy atom. The van der Waals surface area contributed by atoms with E-state index < -0.39 is 0 Å². The molecule has 1 fully saturated rings. The molecule has 0 aliphatic carbocycles. The van der Waals surface area contributed by atoms with Crippen LogP contribution in [0.25, 0.3) is 0 Å². The standard InChI is InChI=1S/C9H10BrN3O2/c10-7-5-11-6-8(13(14)15)9(7)12-3-1-2-4-12/h5-6H,1-4H2. The van der Waals surface area contributed by atoms with Gasteiger partial charge in [0.25, 0.3) is 0 Å². The van der Waals surface area contributed by atoms with Gasteiger partial charge in [-0.05, 0) is 28.8 Å². The summed E-state index contributed by atoms with van der Waals surface area (Å²) >= 11 is 3.32. The Bertz CT molecular complexity index is 391. The second-order valence-electron chi connectivity index (χ2n) is 3.44. The van der Waals surface area contributed by atoms with Gasteiger partial charge in [-0.25, -0.2) is 0 Å². The van der Waals surface area contributed by atoms with Crippen molar-refractivity contribution >= 4 is 27.3 Å². The summed E-state index contributed by atoms with van der Waals surface area (Å²) in [5.41, 5.74) is 0.735. The molecule has 5 nitrogen and oxygen atoms in total. The van der Waals surface area contributed by atoms with Crippen LogP contribution >= 0.6 is 15.9 Å². The van der Waals surface area contributed by atoms with Crippen molar-refractivity contribution in [2.75, 3.05) is 18.0 Å². The van der Waals surface area contributed by atoms with Gasteiger partial charge in [0.1, 0.15) is 11.9 Å². The van der Waals surface area contributed by atoms with Gasteiger partial charge in [0.15, 0.2) is 0 Å². The number of rotatable bonds is 2. The number of halogens is 1. The molecule has 1 aromatic heterocycles. The predicted octanol–water partition coefficient (Wildman–Crippen LogP) is 2.35. The lowest BCUT2D eigenvalue weighted by Crippen LogP contribution is -2.19. The van der Waals surface area contributed by atoms with Crippen molar-refractivity contribution in [3.63, 3.8) is 0 Å². The van der Waals surface area contributed by atoms with Crippen LogP contribution in [0.15, 0.2) is 16.9 Å². The lowest BCUT2D eigenvalue weighted by atomic mass is 10.3. The number of nitro groups is 1. The van der Waals surface area contributed by atoms with Gasteiger partial charge in [0.05, 0.1) is 9.40 Å². The van der Waals surface area contributed by atoms with E-state index in [9.17, 15) is 10.1 Å². The SMILES string of the molecule is O=[N+]([O-])c1cncc(Br)c1N1CCCC1. The minimum Gasteiger partial charge on any atom is -0.365 e. The van der Waals surface area contributed by atoms with Gasteiger partial charge >= 0.3 is 5.69 Å². The Morgan fingerprint density at radius 1 is 1.40 bits per heavy atom. The zero-order valence-electron chi connectivity index (χ0n) is 8.02. The molecule has 0 radical (unpaired) electrons. The van der Waals surface area contributed by atoms with E-state index in [-0.39, 0.29) is 10.6 Å². The molecule has 6 heteroatoms. The summed E-state index contributed by atoms with van der Waals surface area (Å²) in [6, 6.07) is 0. The van der Waals surface area contributed by atoms with Crippen molar-refractivity contribution in [3.05, 3.63) is 27.0 Å². The van der Waals surface area contributed by atoms with E-state index in [1.165, 1.54) is 6.20 Å². The summed E-state index contributed by atoms with van der Waals surface area (Å²) in [6.45, 7) is 1.76. The first-order chi connectivity index (χ1) is 7.20. The van der Waals surface area contributed by atoms with Gasteiger partial charge in [0, 0.05) is 19.3 Å². The summed E-state index contributed by atoms with van der Waals surface area (Å²) in [4.78, 5) is 16.3. The fourth-order valence-electron chi connectivity index (χ4n) is 1.81. The molecule has 2 heterocycles. The highest BCUT2D eigenvalue weighted by Gasteiger charge is 2.24. The third-order valence-corrected chi connectivity index (χ3v) is 3.05. The highest BCUT2D eigenvalue weighted by Crippen LogP contribution is 2.36. The van der Waals surface area contributed by atoms with E-state index in [1.54, 1.807) is 6.20 Å². The molecule has 80 valence electrons. The second kappa shape index (κ2) is 4.14. The minimum atomic E-state index is -0.384. The lowest BCUT2D eigenvalue weighted by Gasteiger charge is -2.18. The molecule has 15 heavy (non-hydrogen) atoms. The number of aromatic nitrogens is 1. The second-order valence-corrected chi connectivity index (χ2v) is 4.29. The molecule has 0 N–H and O–H groups in total. The summed E-state index contributed by atoms with van der Waals surface area (Å²) in [6.07, 6.45) is 5.08. The van der Waals surface area contributed by atoms with Crippen LogP contribution in [0.1, 0.15) is 12.8 Å². The molecule has 0 saturated carbocycles. The Morgan fingerprint density at radius 3 is 2.67 bits per heavy atom. The zero-order chi connectivity index (χ0) is 10.8. The van der Waals surface area contributed by atoms with Crippen LogP contribution in [0.2, 0.25) is 0 Å². The molecular weight excluding hydrogens is 262 g/mol.